The van der Waals surface area contributed by atoms with Crippen molar-refractivity contribution < 1.29 is 38.2 Å². The third-order valence-corrected chi connectivity index (χ3v) is 8.46. The lowest BCUT2D eigenvalue weighted by Crippen LogP contribution is -2.50. The molecule has 0 aromatic heterocycles. The van der Waals surface area contributed by atoms with Gasteiger partial charge < -0.3 is 23.8 Å². The lowest BCUT2D eigenvalue weighted by molar-refractivity contribution is -0.887. The van der Waals surface area contributed by atoms with Crippen LogP contribution < -0.4 is 0 Å². The SMILES string of the molecule is CC/C=C/C=C/C=C/C=C/C=C/C=C/CCCCCC(=O)OCC(COCCC(C(=O)O)[N+](C)(C)C)OC(=O)CCC/C=C/C/C=C/C/C=C/C/C=C/C/C=C/CC. The van der Waals surface area contributed by atoms with Crippen LogP contribution in [-0.2, 0) is 28.6 Å². The number of carbonyl (C=O) groups is 3. The zero-order chi connectivity index (χ0) is 42.8. The number of esters is 2. The van der Waals surface area contributed by atoms with E-state index in [2.05, 4.69) is 86.8 Å². The highest BCUT2D eigenvalue weighted by Gasteiger charge is 2.31. The van der Waals surface area contributed by atoms with Crippen LogP contribution in [0.5, 0.6) is 0 Å². The van der Waals surface area contributed by atoms with Crippen molar-refractivity contribution in [1.29, 1.82) is 0 Å². The minimum atomic E-state index is -0.898. The van der Waals surface area contributed by atoms with Gasteiger partial charge in [-0.2, -0.15) is 0 Å². The first-order valence-electron chi connectivity index (χ1n) is 21.3. The molecule has 0 aliphatic rings. The van der Waals surface area contributed by atoms with Gasteiger partial charge in [-0.15, -0.1) is 0 Å². The average molecular weight is 803 g/mol. The largest absolute Gasteiger partial charge is 0.477 e. The van der Waals surface area contributed by atoms with E-state index in [1.54, 1.807) is 0 Å². The summed E-state index contributed by atoms with van der Waals surface area (Å²) in [6, 6.07) is -0.641. The Morgan fingerprint density at radius 2 is 1.02 bits per heavy atom. The summed E-state index contributed by atoms with van der Waals surface area (Å²) in [6.45, 7) is 4.32. The topological polar surface area (TPSA) is 99.1 Å². The number of ether oxygens (including phenoxy) is 3. The first kappa shape index (κ1) is 53.5. The van der Waals surface area contributed by atoms with Crippen LogP contribution in [0.25, 0.3) is 0 Å². The summed E-state index contributed by atoms with van der Waals surface area (Å²) in [6.07, 6.45) is 56.4. The van der Waals surface area contributed by atoms with Gasteiger partial charge in [0.15, 0.2) is 12.1 Å². The molecule has 0 aliphatic heterocycles. The fraction of sp³-hybridized carbons (Fsp3) is 0.500. The van der Waals surface area contributed by atoms with Crippen molar-refractivity contribution in [2.75, 3.05) is 41.0 Å². The molecule has 2 unspecified atom stereocenters. The van der Waals surface area contributed by atoms with Crippen molar-refractivity contribution in [2.24, 2.45) is 0 Å². The maximum Gasteiger partial charge on any atom is 0.362 e. The van der Waals surface area contributed by atoms with Crippen molar-refractivity contribution in [3.05, 3.63) is 134 Å². The van der Waals surface area contributed by atoms with E-state index >= 15 is 0 Å². The summed E-state index contributed by atoms with van der Waals surface area (Å²) in [4.78, 5) is 36.9. The van der Waals surface area contributed by atoms with E-state index in [1.807, 2.05) is 81.9 Å². The van der Waals surface area contributed by atoms with Crippen LogP contribution in [0, 0.1) is 0 Å². The molecule has 0 fully saturated rings. The maximum absolute atomic E-state index is 12.7. The predicted octanol–water partition coefficient (Wildman–Crippen LogP) is 11.6. The van der Waals surface area contributed by atoms with Gasteiger partial charge in [0, 0.05) is 19.3 Å². The lowest BCUT2D eigenvalue weighted by Gasteiger charge is -2.31. The molecule has 0 saturated heterocycles. The molecule has 0 saturated carbocycles. The standard InChI is InChI=1S/C50H75NO7/c1-6-8-10-12-14-16-18-20-22-24-26-28-30-32-34-36-38-40-48(52)57-45-46(44-56-43-42-47(50(54)55)51(3,4)5)58-49(53)41-39-37-35-33-31-29-27-25-23-21-19-17-15-13-11-9-7-2/h8-12,14-18,20-24,26-30,33,35,46-47H,6-7,13,19,25,31-32,34,36-45H2,1-5H3/p+1/b10-8+,11-9+,14-12+,17-15+,18-16+,22-20+,23-21+,26-24+,29-27+,30-28+,35-33+. The second-order valence-corrected chi connectivity index (χ2v) is 14.6. The van der Waals surface area contributed by atoms with Gasteiger partial charge in [-0.25, -0.2) is 4.79 Å². The summed E-state index contributed by atoms with van der Waals surface area (Å²) < 4.78 is 17.1. The second-order valence-electron chi connectivity index (χ2n) is 14.6. The first-order valence-corrected chi connectivity index (χ1v) is 21.3. The molecule has 8 heteroatoms. The number of aliphatic carboxylic acids is 1. The smallest absolute Gasteiger partial charge is 0.362 e. The number of carbonyl (C=O) groups excluding carboxylic acids is 2. The van der Waals surface area contributed by atoms with Gasteiger partial charge in [0.25, 0.3) is 0 Å². The quantitative estimate of drug-likeness (QED) is 0.0224. The molecule has 8 nitrogen and oxygen atoms in total. The zero-order valence-electron chi connectivity index (χ0n) is 36.4. The van der Waals surface area contributed by atoms with Gasteiger partial charge in [0.2, 0.25) is 0 Å². The maximum atomic E-state index is 12.7. The third kappa shape index (κ3) is 37.1. The van der Waals surface area contributed by atoms with Crippen molar-refractivity contribution in [3.8, 4) is 0 Å². The third-order valence-electron chi connectivity index (χ3n) is 8.46. The highest BCUT2D eigenvalue weighted by molar-refractivity contribution is 5.72. The summed E-state index contributed by atoms with van der Waals surface area (Å²) in [5, 5.41) is 9.61. The van der Waals surface area contributed by atoms with Crippen LogP contribution in [-0.4, -0.2) is 80.6 Å². The van der Waals surface area contributed by atoms with E-state index in [-0.39, 0.29) is 49.1 Å². The molecule has 0 bridgehead atoms. The highest BCUT2D eigenvalue weighted by Crippen LogP contribution is 2.11. The van der Waals surface area contributed by atoms with Crippen molar-refractivity contribution >= 4 is 17.9 Å². The molecule has 1 N–H and O–H groups in total. The van der Waals surface area contributed by atoms with E-state index in [9.17, 15) is 19.5 Å². The number of hydrogen-bond donors (Lipinski definition) is 1. The second kappa shape index (κ2) is 39.3. The predicted molar refractivity (Wildman–Crippen MR) is 242 cm³/mol. The molecule has 2 atom stereocenters. The molecule has 322 valence electrons. The van der Waals surface area contributed by atoms with Gasteiger partial charge in [0.1, 0.15) is 6.61 Å². The summed E-state index contributed by atoms with van der Waals surface area (Å²) >= 11 is 0. The summed E-state index contributed by atoms with van der Waals surface area (Å²) in [5.41, 5.74) is 0. The number of allylic oxidation sites excluding steroid dienone is 22. The van der Waals surface area contributed by atoms with Gasteiger partial charge in [-0.1, -0.05) is 154 Å². The molecular formula is C50H76NO7+. The van der Waals surface area contributed by atoms with Crippen LogP contribution in [0.3, 0.4) is 0 Å². The number of hydrogen-bond acceptors (Lipinski definition) is 6. The fourth-order valence-electron chi connectivity index (χ4n) is 5.21. The molecule has 0 spiro atoms. The Kier molecular flexibility index (Phi) is 36.2. The molecule has 0 heterocycles. The Morgan fingerprint density at radius 3 is 1.55 bits per heavy atom. The number of nitrogens with zero attached hydrogens (tertiary/aromatic N) is 1. The highest BCUT2D eigenvalue weighted by atomic mass is 16.6. The lowest BCUT2D eigenvalue weighted by atomic mass is 10.1. The first-order chi connectivity index (χ1) is 28.1. The Morgan fingerprint density at radius 1 is 0.534 bits per heavy atom. The molecule has 0 aromatic carbocycles. The molecule has 0 radical (unpaired) electrons. The van der Waals surface area contributed by atoms with Crippen LogP contribution in [0.4, 0.5) is 0 Å². The fourth-order valence-corrected chi connectivity index (χ4v) is 5.21. The Bertz CT molecular complexity index is 1400. The number of quaternary nitrogens is 1. The van der Waals surface area contributed by atoms with E-state index in [4.69, 9.17) is 14.2 Å². The minimum Gasteiger partial charge on any atom is -0.477 e. The summed E-state index contributed by atoms with van der Waals surface area (Å²) in [5.74, 6) is -1.63. The van der Waals surface area contributed by atoms with Crippen LogP contribution in [0.15, 0.2) is 134 Å². The normalized spacial score (nSPS) is 14.3. The van der Waals surface area contributed by atoms with Gasteiger partial charge in [0.05, 0.1) is 34.4 Å². The molecule has 0 aromatic rings. The number of carboxylic acid groups (broad SMARTS) is 1. The van der Waals surface area contributed by atoms with E-state index in [1.165, 1.54) is 0 Å². The molecule has 0 amide bonds. The Labute approximate surface area is 352 Å². The van der Waals surface area contributed by atoms with Crippen molar-refractivity contribution in [2.45, 2.75) is 122 Å². The van der Waals surface area contributed by atoms with Gasteiger partial charge in [-0.3, -0.25) is 9.59 Å². The van der Waals surface area contributed by atoms with E-state index < -0.39 is 18.1 Å². The van der Waals surface area contributed by atoms with Crippen molar-refractivity contribution in [1.82, 2.24) is 0 Å². The average Bonchev–Trinajstić information content (AvgIpc) is 3.18. The van der Waals surface area contributed by atoms with E-state index in [0.29, 0.717) is 19.3 Å². The van der Waals surface area contributed by atoms with Crippen molar-refractivity contribution in [3.63, 3.8) is 0 Å². The van der Waals surface area contributed by atoms with Crippen LogP contribution in [0.1, 0.15) is 110 Å². The molecule has 0 aliphatic carbocycles. The van der Waals surface area contributed by atoms with Crippen LogP contribution >= 0.6 is 0 Å². The number of carboxylic acids is 1. The van der Waals surface area contributed by atoms with Gasteiger partial charge in [-0.05, 0) is 70.6 Å². The molecule has 0 rings (SSSR count). The molecule has 58 heavy (non-hydrogen) atoms. The van der Waals surface area contributed by atoms with Crippen LogP contribution in [0.2, 0.25) is 0 Å². The number of likely N-dealkylation sites (N-methyl/N-ethyl adjacent to an activating group) is 1. The monoisotopic (exact) mass is 803 g/mol. The number of unbranched alkanes of at least 4 members (excludes halogenated alkanes) is 4. The summed E-state index contributed by atoms with van der Waals surface area (Å²) in [7, 11) is 5.47. The minimum absolute atomic E-state index is 0.0127. The Balaban J connectivity index is 4.60. The van der Waals surface area contributed by atoms with Gasteiger partial charge >= 0.3 is 17.9 Å². The zero-order valence-corrected chi connectivity index (χ0v) is 36.4. The Hall–Kier alpha value is -4.53. The number of rotatable bonds is 35. The van der Waals surface area contributed by atoms with E-state index in [0.717, 1.165) is 64.2 Å². The molecular weight excluding hydrogens is 727 g/mol.